The van der Waals surface area contributed by atoms with E-state index in [1.807, 2.05) is 0 Å². The van der Waals surface area contributed by atoms with Gasteiger partial charge in [0.25, 0.3) is 0 Å². The van der Waals surface area contributed by atoms with Gasteiger partial charge in [-0.1, -0.05) is 12.2 Å². The minimum Gasteiger partial charge on any atom is -0.460 e. The molecule has 0 aromatic heterocycles. The molecule has 1 saturated carbocycles. The van der Waals surface area contributed by atoms with E-state index >= 15 is 0 Å². The van der Waals surface area contributed by atoms with Crippen LogP contribution in [0.15, 0.2) is 12.2 Å². The average molecular weight is 278 g/mol. The predicted molar refractivity (Wildman–Crippen MR) is 69.7 cm³/mol. The van der Waals surface area contributed by atoms with Crippen LogP contribution in [0.5, 0.6) is 0 Å². The topological polar surface area (TPSA) is 89.0 Å². The summed E-state index contributed by atoms with van der Waals surface area (Å²) in [6.45, 7) is 0.268. The lowest BCUT2D eigenvalue weighted by Crippen LogP contribution is -2.29. The Morgan fingerprint density at radius 1 is 1.20 bits per heavy atom. The minimum atomic E-state index is -0.997. The Kier molecular flexibility index (Phi) is 4.69. The highest BCUT2D eigenvalue weighted by molar-refractivity contribution is 6.60. The number of carbonyl (C=O) groups excluding carboxylic acids is 2. The predicted octanol–water partition coefficient (Wildman–Crippen LogP) is 1.37. The molecule has 0 heterocycles. The van der Waals surface area contributed by atoms with Crippen LogP contribution in [0, 0.1) is 17.8 Å². The SMILES string of the molecule is COC(=O)C(=[N+]=[N-])C(=O)OCC1[C@H]2CC/C=C\CC[C@@H]12. The van der Waals surface area contributed by atoms with Gasteiger partial charge >= 0.3 is 17.7 Å². The standard InChI is InChI=1S/C14H18N2O4/c1-19-13(17)12(16-15)14(18)20-8-11-9-6-4-2-3-5-7-10(9)11/h2-3,9-11H,4-8H2,1H3/b3-2-/t9-,10+,11?. The highest BCUT2D eigenvalue weighted by atomic mass is 16.5. The van der Waals surface area contributed by atoms with Gasteiger partial charge in [0.1, 0.15) is 0 Å². The summed E-state index contributed by atoms with van der Waals surface area (Å²) < 4.78 is 9.40. The molecular weight excluding hydrogens is 260 g/mol. The molecule has 6 heteroatoms. The third kappa shape index (κ3) is 3.14. The zero-order valence-corrected chi connectivity index (χ0v) is 11.4. The zero-order valence-electron chi connectivity index (χ0n) is 11.4. The van der Waals surface area contributed by atoms with Gasteiger partial charge in [-0.15, -0.1) is 0 Å². The summed E-state index contributed by atoms with van der Waals surface area (Å²) in [7, 11) is 1.11. The lowest BCUT2D eigenvalue weighted by Gasteiger charge is -2.00. The summed E-state index contributed by atoms with van der Waals surface area (Å²) in [6.07, 6.45) is 8.76. The maximum atomic E-state index is 11.6. The molecule has 2 aliphatic rings. The number of rotatable bonds is 4. The summed E-state index contributed by atoms with van der Waals surface area (Å²) in [5.41, 5.74) is 7.92. The van der Waals surface area contributed by atoms with Crippen molar-refractivity contribution in [2.45, 2.75) is 25.7 Å². The molecule has 0 amide bonds. The molecule has 0 N–H and O–H groups in total. The van der Waals surface area contributed by atoms with Crippen LogP contribution in [0.25, 0.3) is 5.53 Å². The fraction of sp³-hybridized carbons (Fsp3) is 0.643. The van der Waals surface area contributed by atoms with Crippen LogP contribution in [0.1, 0.15) is 25.7 Å². The van der Waals surface area contributed by atoms with Crippen molar-refractivity contribution in [2.75, 3.05) is 13.7 Å². The number of allylic oxidation sites excluding steroid dienone is 2. The maximum absolute atomic E-state index is 11.6. The van der Waals surface area contributed by atoms with Crippen molar-refractivity contribution in [3.8, 4) is 0 Å². The molecule has 1 unspecified atom stereocenters. The van der Waals surface area contributed by atoms with E-state index < -0.39 is 17.7 Å². The summed E-state index contributed by atoms with van der Waals surface area (Å²) in [6, 6.07) is 0. The van der Waals surface area contributed by atoms with E-state index in [1.54, 1.807) is 0 Å². The largest absolute Gasteiger partial charge is 0.482 e. The molecule has 0 spiro atoms. The van der Waals surface area contributed by atoms with E-state index in [0.29, 0.717) is 17.8 Å². The fourth-order valence-corrected chi connectivity index (χ4v) is 2.94. The Morgan fingerprint density at radius 2 is 1.80 bits per heavy atom. The normalized spacial score (nSPS) is 28.9. The number of esters is 2. The number of nitrogens with zero attached hydrogens (tertiary/aromatic N) is 2. The van der Waals surface area contributed by atoms with E-state index in [4.69, 9.17) is 10.3 Å². The lowest BCUT2D eigenvalue weighted by molar-refractivity contribution is -0.148. The summed E-state index contributed by atoms with van der Waals surface area (Å²) in [4.78, 5) is 25.4. The van der Waals surface area contributed by atoms with Crippen LogP contribution in [-0.2, 0) is 19.1 Å². The van der Waals surface area contributed by atoms with E-state index in [0.717, 1.165) is 32.8 Å². The van der Waals surface area contributed by atoms with Gasteiger partial charge in [0.05, 0.1) is 13.7 Å². The molecule has 3 atom stereocenters. The Bertz CT molecular complexity index is 464. The van der Waals surface area contributed by atoms with Gasteiger partial charge in [-0.3, -0.25) is 0 Å². The van der Waals surface area contributed by atoms with Crippen LogP contribution >= 0.6 is 0 Å². The zero-order chi connectivity index (χ0) is 14.5. The van der Waals surface area contributed by atoms with Crippen molar-refractivity contribution >= 4 is 17.7 Å². The highest BCUT2D eigenvalue weighted by Crippen LogP contribution is 2.52. The van der Waals surface area contributed by atoms with Gasteiger partial charge in [0.2, 0.25) is 0 Å². The number of methoxy groups -OCH3 is 1. The Morgan fingerprint density at radius 3 is 2.30 bits per heavy atom. The van der Waals surface area contributed by atoms with Gasteiger partial charge in [0, 0.05) is 0 Å². The molecule has 0 aromatic rings. The summed E-state index contributed by atoms with van der Waals surface area (Å²) >= 11 is 0. The molecule has 108 valence electrons. The summed E-state index contributed by atoms with van der Waals surface area (Å²) in [5, 5.41) is 0. The van der Waals surface area contributed by atoms with Crippen molar-refractivity contribution in [2.24, 2.45) is 17.8 Å². The molecule has 0 radical (unpaired) electrons. The van der Waals surface area contributed by atoms with Gasteiger partial charge in [-0.25, -0.2) is 9.59 Å². The molecule has 0 aromatic carbocycles. The van der Waals surface area contributed by atoms with E-state index in [1.165, 1.54) is 0 Å². The second-order valence-electron chi connectivity index (χ2n) is 5.16. The first kappa shape index (κ1) is 14.5. The first-order valence-corrected chi connectivity index (χ1v) is 6.81. The quantitative estimate of drug-likeness (QED) is 0.194. The van der Waals surface area contributed by atoms with E-state index in [9.17, 15) is 9.59 Å². The smallest absolute Gasteiger partial charge is 0.460 e. The van der Waals surface area contributed by atoms with Crippen molar-refractivity contribution in [1.82, 2.24) is 0 Å². The summed E-state index contributed by atoms with van der Waals surface area (Å²) in [5.74, 6) is -0.377. The molecule has 6 nitrogen and oxygen atoms in total. The number of carbonyl (C=O) groups is 2. The molecule has 2 aliphatic carbocycles. The Labute approximate surface area is 117 Å². The monoisotopic (exact) mass is 278 g/mol. The molecule has 2 rings (SSSR count). The van der Waals surface area contributed by atoms with Crippen LogP contribution in [0.4, 0.5) is 0 Å². The number of hydrogen-bond acceptors (Lipinski definition) is 4. The van der Waals surface area contributed by atoms with Gasteiger partial charge in [-0.2, -0.15) is 4.79 Å². The molecular formula is C14H18N2O4. The average Bonchev–Trinajstić information content (AvgIpc) is 3.06. The van der Waals surface area contributed by atoms with Crippen LogP contribution < -0.4 is 0 Å². The molecule has 0 saturated heterocycles. The van der Waals surface area contributed by atoms with Gasteiger partial charge < -0.3 is 15.0 Å². The highest BCUT2D eigenvalue weighted by Gasteiger charge is 2.49. The first-order chi connectivity index (χ1) is 9.69. The molecule has 0 aliphatic heterocycles. The van der Waals surface area contributed by atoms with E-state index in [-0.39, 0.29) is 6.61 Å². The van der Waals surface area contributed by atoms with Gasteiger partial charge in [0.15, 0.2) is 0 Å². The van der Waals surface area contributed by atoms with Crippen LogP contribution in [-0.4, -0.2) is 36.2 Å². The number of fused-ring (bicyclic) bond motifs is 1. The van der Waals surface area contributed by atoms with Crippen molar-refractivity contribution in [1.29, 1.82) is 0 Å². The third-order valence-corrected chi connectivity index (χ3v) is 4.09. The fourth-order valence-electron chi connectivity index (χ4n) is 2.94. The van der Waals surface area contributed by atoms with Crippen molar-refractivity contribution in [3.05, 3.63) is 17.7 Å². The third-order valence-electron chi connectivity index (χ3n) is 4.09. The van der Waals surface area contributed by atoms with Crippen LogP contribution in [0.2, 0.25) is 0 Å². The van der Waals surface area contributed by atoms with Crippen LogP contribution in [0.3, 0.4) is 0 Å². The first-order valence-electron chi connectivity index (χ1n) is 6.81. The van der Waals surface area contributed by atoms with E-state index in [2.05, 4.69) is 21.7 Å². The second-order valence-corrected chi connectivity index (χ2v) is 5.16. The molecule has 20 heavy (non-hydrogen) atoms. The minimum absolute atomic E-state index is 0.268. The Hall–Kier alpha value is -1.94. The number of hydrogen-bond donors (Lipinski definition) is 0. The maximum Gasteiger partial charge on any atom is 0.482 e. The molecule has 0 bridgehead atoms. The van der Waals surface area contributed by atoms with Gasteiger partial charge in [-0.05, 0) is 43.4 Å². The second kappa shape index (κ2) is 6.48. The van der Waals surface area contributed by atoms with Crippen molar-refractivity contribution < 1.29 is 23.9 Å². The number of ether oxygens (including phenoxy) is 2. The molecule has 1 fully saturated rings. The Balaban J connectivity index is 1.83. The lowest BCUT2D eigenvalue weighted by atomic mass is 10.1. The van der Waals surface area contributed by atoms with Crippen molar-refractivity contribution in [3.63, 3.8) is 0 Å².